The predicted octanol–water partition coefficient (Wildman–Crippen LogP) is 4.12. The number of rotatable bonds is 3. The summed E-state index contributed by atoms with van der Waals surface area (Å²) in [6, 6.07) is 7.27. The first kappa shape index (κ1) is 15.9. The highest BCUT2D eigenvalue weighted by atomic mass is 35.5. The van der Waals surface area contributed by atoms with Crippen LogP contribution >= 0.6 is 23.2 Å². The van der Waals surface area contributed by atoms with E-state index < -0.39 is 10.0 Å². The van der Waals surface area contributed by atoms with E-state index in [0.29, 0.717) is 16.8 Å². The van der Waals surface area contributed by atoms with Crippen molar-refractivity contribution in [3.63, 3.8) is 0 Å². The number of aryl methyl sites for hydroxylation is 2. The van der Waals surface area contributed by atoms with Crippen molar-refractivity contribution in [1.29, 1.82) is 0 Å². The van der Waals surface area contributed by atoms with E-state index in [4.69, 9.17) is 23.2 Å². The molecular weight excluding hydrogens is 333 g/mol. The van der Waals surface area contributed by atoms with Gasteiger partial charge in [0, 0.05) is 5.02 Å². The van der Waals surface area contributed by atoms with Crippen LogP contribution in [0.5, 0.6) is 5.75 Å². The molecule has 0 spiro atoms. The van der Waals surface area contributed by atoms with Gasteiger partial charge in [0.25, 0.3) is 10.0 Å². The molecule has 112 valence electrons. The molecule has 0 heterocycles. The Kier molecular flexibility index (Phi) is 4.37. The Morgan fingerprint density at radius 3 is 2.38 bits per heavy atom. The highest BCUT2D eigenvalue weighted by molar-refractivity contribution is 7.92. The van der Waals surface area contributed by atoms with Gasteiger partial charge in [-0.05, 0) is 55.3 Å². The number of hydrogen-bond donors (Lipinski definition) is 2. The normalized spacial score (nSPS) is 11.4. The maximum Gasteiger partial charge on any atom is 0.263 e. The Labute approximate surface area is 133 Å². The summed E-state index contributed by atoms with van der Waals surface area (Å²) in [4.78, 5) is -0.0956. The Morgan fingerprint density at radius 2 is 1.71 bits per heavy atom. The van der Waals surface area contributed by atoms with Gasteiger partial charge in [-0.25, -0.2) is 8.42 Å². The van der Waals surface area contributed by atoms with Gasteiger partial charge in [-0.2, -0.15) is 0 Å². The summed E-state index contributed by atoms with van der Waals surface area (Å²) in [7, 11) is -3.87. The summed E-state index contributed by atoms with van der Waals surface area (Å²) in [5, 5.41) is 9.96. The van der Waals surface area contributed by atoms with Crippen LogP contribution in [0, 0.1) is 13.8 Å². The molecule has 0 atom stereocenters. The third-order valence-electron chi connectivity index (χ3n) is 2.97. The van der Waals surface area contributed by atoms with Crippen molar-refractivity contribution in [2.24, 2.45) is 0 Å². The summed E-state index contributed by atoms with van der Waals surface area (Å²) >= 11 is 11.7. The van der Waals surface area contributed by atoms with Crippen LogP contribution in [0.2, 0.25) is 10.0 Å². The first-order chi connectivity index (χ1) is 9.70. The minimum atomic E-state index is -3.87. The highest BCUT2D eigenvalue weighted by Gasteiger charge is 2.19. The summed E-state index contributed by atoms with van der Waals surface area (Å²) in [5.41, 5.74) is 1.54. The van der Waals surface area contributed by atoms with E-state index in [0.717, 1.165) is 0 Å². The van der Waals surface area contributed by atoms with Crippen molar-refractivity contribution in [1.82, 2.24) is 0 Å². The van der Waals surface area contributed by atoms with Gasteiger partial charge < -0.3 is 5.11 Å². The van der Waals surface area contributed by atoms with Crippen molar-refractivity contribution >= 4 is 38.9 Å². The number of anilines is 1. The molecule has 0 fully saturated rings. The van der Waals surface area contributed by atoms with Crippen LogP contribution in [0.15, 0.2) is 35.2 Å². The number of sulfonamides is 1. The van der Waals surface area contributed by atoms with Crippen LogP contribution in [0.4, 0.5) is 5.69 Å². The Morgan fingerprint density at radius 1 is 1.05 bits per heavy atom. The van der Waals surface area contributed by atoms with Crippen molar-refractivity contribution < 1.29 is 13.5 Å². The van der Waals surface area contributed by atoms with E-state index in [1.54, 1.807) is 19.9 Å². The van der Waals surface area contributed by atoms with E-state index in [1.165, 1.54) is 24.3 Å². The van der Waals surface area contributed by atoms with Crippen molar-refractivity contribution in [3.05, 3.63) is 51.5 Å². The molecule has 4 nitrogen and oxygen atoms in total. The van der Waals surface area contributed by atoms with Gasteiger partial charge in [0.05, 0.1) is 10.7 Å². The van der Waals surface area contributed by atoms with Crippen LogP contribution in [0.3, 0.4) is 0 Å². The maximum absolute atomic E-state index is 12.4. The smallest absolute Gasteiger partial charge is 0.263 e. The molecule has 2 aromatic rings. The lowest BCUT2D eigenvalue weighted by atomic mass is 10.1. The molecule has 0 saturated carbocycles. The third kappa shape index (κ3) is 3.43. The van der Waals surface area contributed by atoms with Gasteiger partial charge in [0.15, 0.2) is 0 Å². The molecular formula is C14H13Cl2NO3S. The molecule has 0 aliphatic heterocycles. The molecule has 21 heavy (non-hydrogen) atoms. The first-order valence-electron chi connectivity index (χ1n) is 5.99. The number of phenolic OH excluding ortho intramolecular Hbond substituents is 1. The van der Waals surface area contributed by atoms with Crippen LogP contribution < -0.4 is 4.72 Å². The Hall–Kier alpha value is -1.43. The highest BCUT2D eigenvalue weighted by Crippen LogP contribution is 2.30. The summed E-state index contributed by atoms with van der Waals surface area (Å²) < 4.78 is 27.3. The zero-order valence-corrected chi connectivity index (χ0v) is 13.6. The molecule has 2 rings (SSSR count). The third-order valence-corrected chi connectivity index (χ3v) is 5.05. The zero-order chi connectivity index (χ0) is 15.8. The monoisotopic (exact) mass is 345 g/mol. The number of nitrogens with one attached hydrogen (secondary N) is 1. The number of hydrogen-bond acceptors (Lipinski definition) is 3. The lowest BCUT2D eigenvalue weighted by Gasteiger charge is -2.13. The summed E-state index contributed by atoms with van der Waals surface area (Å²) in [5.74, 6) is 0.108. The molecule has 0 aliphatic carbocycles. The number of halogens is 2. The second kappa shape index (κ2) is 5.75. The van der Waals surface area contributed by atoms with E-state index in [1.807, 2.05) is 0 Å². The second-order valence-corrected chi connectivity index (χ2v) is 7.13. The van der Waals surface area contributed by atoms with Crippen molar-refractivity contribution in [2.75, 3.05) is 4.72 Å². The van der Waals surface area contributed by atoms with Gasteiger partial charge in [0.2, 0.25) is 0 Å². The molecule has 0 aliphatic rings. The van der Waals surface area contributed by atoms with Gasteiger partial charge in [-0.15, -0.1) is 0 Å². The number of benzene rings is 2. The van der Waals surface area contributed by atoms with Gasteiger partial charge in [0.1, 0.15) is 10.6 Å². The van der Waals surface area contributed by atoms with Crippen LogP contribution in [0.1, 0.15) is 11.1 Å². The van der Waals surface area contributed by atoms with E-state index in [9.17, 15) is 13.5 Å². The molecule has 0 saturated heterocycles. The zero-order valence-electron chi connectivity index (χ0n) is 11.3. The van der Waals surface area contributed by atoms with E-state index >= 15 is 0 Å². The van der Waals surface area contributed by atoms with Crippen LogP contribution in [-0.2, 0) is 10.0 Å². The van der Waals surface area contributed by atoms with E-state index in [2.05, 4.69) is 4.72 Å². The Balaban J connectivity index is 2.47. The molecule has 2 N–H and O–H groups in total. The largest absolute Gasteiger partial charge is 0.508 e. The lowest BCUT2D eigenvalue weighted by Crippen LogP contribution is -2.14. The number of aromatic hydroxyl groups is 1. The molecule has 0 unspecified atom stereocenters. The maximum atomic E-state index is 12.4. The fourth-order valence-electron chi connectivity index (χ4n) is 1.79. The fraction of sp³-hybridized carbons (Fsp3) is 0.143. The Bertz CT molecular complexity index is 804. The van der Waals surface area contributed by atoms with Gasteiger partial charge in [-0.1, -0.05) is 23.2 Å². The SMILES string of the molecule is Cc1cc(NS(=O)(=O)c2cc(Cl)ccc2Cl)c(C)cc1O. The molecule has 7 heteroatoms. The van der Waals surface area contributed by atoms with Crippen LogP contribution in [-0.4, -0.2) is 13.5 Å². The van der Waals surface area contributed by atoms with Crippen molar-refractivity contribution in [2.45, 2.75) is 18.7 Å². The second-order valence-electron chi connectivity index (χ2n) is 4.63. The molecule has 0 aromatic heterocycles. The average Bonchev–Trinajstić information content (AvgIpc) is 2.38. The minimum Gasteiger partial charge on any atom is -0.508 e. The minimum absolute atomic E-state index is 0.0834. The molecule has 0 bridgehead atoms. The van der Waals surface area contributed by atoms with Crippen molar-refractivity contribution in [3.8, 4) is 5.75 Å². The first-order valence-corrected chi connectivity index (χ1v) is 8.22. The average molecular weight is 346 g/mol. The fourth-order valence-corrected chi connectivity index (χ4v) is 3.68. The quantitative estimate of drug-likeness (QED) is 0.822. The topological polar surface area (TPSA) is 66.4 Å². The van der Waals surface area contributed by atoms with Gasteiger partial charge >= 0.3 is 0 Å². The molecule has 2 aromatic carbocycles. The van der Waals surface area contributed by atoms with Crippen LogP contribution in [0.25, 0.3) is 0 Å². The standard InChI is InChI=1S/C14H13Cl2NO3S/c1-8-6-13(18)9(2)5-12(8)17-21(19,20)14-7-10(15)3-4-11(14)16/h3-7,17-18H,1-2H3. The van der Waals surface area contributed by atoms with Gasteiger partial charge in [-0.3, -0.25) is 4.72 Å². The molecule has 0 radical (unpaired) electrons. The number of phenols is 1. The molecule has 0 amide bonds. The summed E-state index contributed by atoms with van der Waals surface area (Å²) in [6.07, 6.45) is 0. The lowest BCUT2D eigenvalue weighted by molar-refractivity contribution is 0.471. The summed E-state index contributed by atoms with van der Waals surface area (Å²) in [6.45, 7) is 3.37. The van der Waals surface area contributed by atoms with E-state index in [-0.39, 0.29) is 20.7 Å². The predicted molar refractivity (Wildman–Crippen MR) is 84.9 cm³/mol.